The molecule has 0 aliphatic heterocycles. The van der Waals surface area contributed by atoms with Crippen LogP contribution in [-0.2, 0) is 6.42 Å². The zero-order valence-electron chi connectivity index (χ0n) is 14.0. The maximum Gasteiger partial charge on any atom is 0.0730 e. The number of pyridine rings is 1. The molecule has 2 N–H and O–H groups in total. The van der Waals surface area contributed by atoms with E-state index in [1.54, 1.807) is 0 Å². The van der Waals surface area contributed by atoms with Crippen LogP contribution in [0.1, 0.15) is 51.0 Å². The Hall–Kier alpha value is -2.09. The molecule has 2 aromatic carbocycles. The number of nitrogens with zero attached hydrogens (tertiary/aromatic N) is 1. The first-order chi connectivity index (χ1) is 11.3. The fourth-order valence-corrected chi connectivity index (χ4v) is 3.20. The van der Waals surface area contributed by atoms with E-state index in [4.69, 9.17) is 10.7 Å². The number of nitrogens with two attached hydrogens (primary N) is 1. The summed E-state index contributed by atoms with van der Waals surface area (Å²) in [5.74, 6) is 0. The summed E-state index contributed by atoms with van der Waals surface area (Å²) in [4.78, 5) is 4.73. The SMILES string of the molecule is CCCCCCCCc1cc2cc3ccccc3nc2cc1N. The highest BCUT2D eigenvalue weighted by atomic mass is 14.7. The molecule has 0 atom stereocenters. The highest BCUT2D eigenvalue weighted by molar-refractivity contribution is 5.94. The van der Waals surface area contributed by atoms with Crippen molar-refractivity contribution >= 4 is 27.5 Å². The second-order valence-electron chi connectivity index (χ2n) is 6.44. The Bertz CT molecular complexity index is 792. The number of benzene rings is 2. The van der Waals surface area contributed by atoms with Crippen LogP contribution >= 0.6 is 0 Å². The number of rotatable bonds is 7. The molecular formula is C21H26N2. The predicted octanol–water partition coefficient (Wildman–Crippen LogP) is 5.87. The number of unbranched alkanes of at least 4 members (excludes halogenated alkanes) is 5. The molecule has 0 fully saturated rings. The number of para-hydroxylation sites is 1. The van der Waals surface area contributed by atoms with Gasteiger partial charge in [-0.2, -0.15) is 0 Å². The third kappa shape index (κ3) is 3.82. The number of nitrogen functional groups attached to an aromatic ring is 1. The lowest BCUT2D eigenvalue weighted by Crippen LogP contribution is -1.96. The Morgan fingerprint density at radius 2 is 1.61 bits per heavy atom. The van der Waals surface area contributed by atoms with Gasteiger partial charge in [0.25, 0.3) is 0 Å². The van der Waals surface area contributed by atoms with Gasteiger partial charge in [-0.1, -0.05) is 57.2 Å². The molecule has 23 heavy (non-hydrogen) atoms. The first-order valence-electron chi connectivity index (χ1n) is 8.86. The van der Waals surface area contributed by atoms with E-state index in [0.717, 1.165) is 23.1 Å². The van der Waals surface area contributed by atoms with Gasteiger partial charge in [0.2, 0.25) is 0 Å². The standard InChI is InChI=1S/C21H26N2/c1-2-3-4-5-6-7-10-16-13-18-14-17-11-8-9-12-20(17)23-21(18)15-19(16)22/h8-9,11-15H,2-7,10,22H2,1H3. The number of aryl methyl sites for hydroxylation is 1. The van der Waals surface area contributed by atoms with Gasteiger partial charge >= 0.3 is 0 Å². The minimum Gasteiger partial charge on any atom is -0.398 e. The summed E-state index contributed by atoms with van der Waals surface area (Å²) in [5.41, 5.74) is 10.4. The van der Waals surface area contributed by atoms with Gasteiger partial charge in [-0.25, -0.2) is 4.98 Å². The minimum absolute atomic E-state index is 0.883. The van der Waals surface area contributed by atoms with Crippen LogP contribution in [0, 0.1) is 0 Å². The quantitative estimate of drug-likeness (QED) is 0.336. The summed E-state index contributed by atoms with van der Waals surface area (Å²) in [6.07, 6.45) is 8.96. The summed E-state index contributed by atoms with van der Waals surface area (Å²) >= 11 is 0. The summed E-state index contributed by atoms with van der Waals surface area (Å²) < 4.78 is 0. The molecule has 0 saturated carbocycles. The fourth-order valence-electron chi connectivity index (χ4n) is 3.20. The van der Waals surface area contributed by atoms with Crippen molar-refractivity contribution in [3.8, 4) is 0 Å². The third-order valence-electron chi connectivity index (χ3n) is 4.58. The summed E-state index contributed by atoms with van der Waals surface area (Å²) in [5, 5.41) is 2.38. The minimum atomic E-state index is 0.883. The normalized spacial score (nSPS) is 11.3. The zero-order chi connectivity index (χ0) is 16.1. The average molecular weight is 306 g/mol. The molecule has 3 aromatic rings. The van der Waals surface area contributed by atoms with Crippen molar-refractivity contribution in [1.29, 1.82) is 0 Å². The smallest absolute Gasteiger partial charge is 0.0730 e. The van der Waals surface area contributed by atoms with Crippen LogP contribution in [0.25, 0.3) is 21.8 Å². The molecule has 120 valence electrons. The lowest BCUT2D eigenvalue weighted by molar-refractivity contribution is 0.608. The van der Waals surface area contributed by atoms with Crippen LogP contribution < -0.4 is 5.73 Å². The molecule has 1 heterocycles. The van der Waals surface area contributed by atoms with E-state index < -0.39 is 0 Å². The molecule has 0 spiro atoms. The largest absolute Gasteiger partial charge is 0.398 e. The van der Waals surface area contributed by atoms with Crippen LogP contribution in [0.3, 0.4) is 0 Å². The number of anilines is 1. The molecule has 2 nitrogen and oxygen atoms in total. The molecule has 0 bridgehead atoms. The summed E-state index contributed by atoms with van der Waals surface area (Å²) in [6, 6.07) is 14.7. The molecule has 0 aliphatic rings. The Labute approximate surface area is 138 Å². The zero-order valence-corrected chi connectivity index (χ0v) is 14.0. The second kappa shape index (κ2) is 7.45. The van der Waals surface area contributed by atoms with Crippen molar-refractivity contribution in [2.75, 3.05) is 5.73 Å². The van der Waals surface area contributed by atoms with E-state index in [1.807, 2.05) is 12.1 Å². The van der Waals surface area contributed by atoms with Gasteiger partial charge in [-0.05, 0) is 42.7 Å². The maximum atomic E-state index is 6.25. The van der Waals surface area contributed by atoms with Gasteiger partial charge in [0.15, 0.2) is 0 Å². The van der Waals surface area contributed by atoms with Crippen molar-refractivity contribution in [3.63, 3.8) is 0 Å². The van der Waals surface area contributed by atoms with Gasteiger partial charge in [0, 0.05) is 16.5 Å². The van der Waals surface area contributed by atoms with Crippen molar-refractivity contribution in [2.45, 2.75) is 51.9 Å². The van der Waals surface area contributed by atoms with Crippen LogP contribution in [-0.4, -0.2) is 4.98 Å². The topological polar surface area (TPSA) is 38.9 Å². The van der Waals surface area contributed by atoms with E-state index in [0.29, 0.717) is 0 Å². The van der Waals surface area contributed by atoms with E-state index in [-0.39, 0.29) is 0 Å². The third-order valence-corrected chi connectivity index (χ3v) is 4.58. The van der Waals surface area contributed by atoms with E-state index in [1.165, 1.54) is 54.9 Å². The van der Waals surface area contributed by atoms with Gasteiger partial charge < -0.3 is 5.73 Å². The van der Waals surface area contributed by atoms with E-state index >= 15 is 0 Å². The summed E-state index contributed by atoms with van der Waals surface area (Å²) in [7, 11) is 0. The predicted molar refractivity (Wildman–Crippen MR) is 101 cm³/mol. The number of aromatic nitrogens is 1. The van der Waals surface area contributed by atoms with Gasteiger partial charge in [-0.3, -0.25) is 0 Å². The van der Waals surface area contributed by atoms with Gasteiger partial charge in [0.05, 0.1) is 11.0 Å². The van der Waals surface area contributed by atoms with Crippen LogP contribution in [0.4, 0.5) is 5.69 Å². The molecule has 1 aromatic heterocycles. The Morgan fingerprint density at radius 1 is 0.826 bits per heavy atom. The van der Waals surface area contributed by atoms with E-state index in [2.05, 4.69) is 37.3 Å². The van der Waals surface area contributed by atoms with Gasteiger partial charge in [-0.15, -0.1) is 0 Å². The maximum absolute atomic E-state index is 6.25. The van der Waals surface area contributed by atoms with Crippen LogP contribution in [0.2, 0.25) is 0 Å². The van der Waals surface area contributed by atoms with E-state index in [9.17, 15) is 0 Å². The Balaban J connectivity index is 1.75. The fraction of sp³-hybridized carbons (Fsp3) is 0.381. The average Bonchev–Trinajstić information content (AvgIpc) is 2.56. The Kier molecular flexibility index (Phi) is 5.12. The first kappa shape index (κ1) is 15.8. The van der Waals surface area contributed by atoms with Crippen molar-refractivity contribution in [3.05, 3.63) is 48.0 Å². The van der Waals surface area contributed by atoms with Gasteiger partial charge in [0.1, 0.15) is 0 Å². The Morgan fingerprint density at radius 3 is 2.48 bits per heavy atom. The first-order valence-corrected chi connectivity index (χ1v) is 8.86. The van der Waals surface area contributed by atoms with Crippen molar-refractivity contribution in [2.24, 2.45) is 0 Å². The lowest BCUT2D eigenvalue weighted by atomic mass is 10.0. The highest BCUT2D eigenvalue weighted by Gasteiger charge is 2.05. The highest BCUT2D eigenvalue weighted by Crippen LogP contribution is 2.25. The van der Waals surface area contributed by atoms with Crippen molar-refractivity contribution < 1.29 is 0 Å². The number of hydrogen-bond acceptors (Lipinski definition) is 2. The number of fused-ring (bicyclic) bond motifs is 2. The molecule has 0 radical (unpaired) electrons. The lowest BCUT2D eigenvalue weighted by Gasteiger charge is -2.09. The monoisotopic (exact) mass is 306 g/mol. The molecular weight excluding hydrogens is 280 g/mol. The van der Waals surface area contributed by atoms with Crippen LogP contribution in [0.15, 0.2) is 42.5 Å². The molecule has 0 saturated heterocycles. The van der Waals surface area contributed by atoms with Crippen molar-refractivity contribution in [1.82, 2.24) is 4.98 Å². The molecule has 0 amide bonds. The second-order valence-corrected chi connectivity index (χ2v) is 6.44. The summed E-state index contributed by atoms with van der Waals surface area (Å²) in [6.45, 7) is 2.26. The molecule has 3 rings (SSSR count). The number of hydrogen-bond donors (Lipinski definition) is 1. The van der Waals surface area contributed by atoms with Crippen LogP contribution in [0.5, 0.6) is 0 Å². The molecule has 2 heteroatoms. The molecule has 0 aliphatic carbocycles. The molecule has 0 unspecified atom stereocenters.